The zero-order valence-electron chi connectivity index (χ0n) is 9.43. The molecule has 1 aromatic carbocycles. The average molecular weight is 249 g/mol. The second-order valence-corrected chi connectivity index (χ2v) is 4.20. The molecule has 88 valence electrons. The summed E-state index contributed by atoms with van der Waals surface area (Å²) in [6.07, 6.45) is 3.18. The van der Waals surface area contributed by atoms with E-state index >= 15 is 0 Å². The van der Waals surface area contributed by atoms with E-state index in [1.54, 1.807) is 18.5 Å². The van der Waals surface area contributed by atoms with E-state index < -0.39 is 0 Å². The minimum atomic E-state index is -0.0849. The van der Waals surface area contributed by atoms with Gasteiger partial charge in [0.2, 0.25) is 0 Å². The van der Waals surface area contributed by atoms with Crippen molar-refractivity contribution in [2.75, 3.05) is 0 Å². The van der Waals surface area contributed by atoms with Crippen LogP contribution in [-0.4, -0.2) is 4.98 Å². The summed E-state index contributed by atoms with van der Waals surface area (Å²) in [7, 11) is 0. The number of nitrogens with two attached hydrogens (primary N) is 1. The fraction of sp³-hybridized carbons (Fsp3) is 0.154. The average Bonchev–Trinajstić information content (AvgIpc) is 2.29. The molecular formula is C13H13ClN2O. The Kier molecular flexibility index (Phi) is 3.61. The molecule has 4 heteroatoms. The lowest BCUT2D eigenvalue weighted by molar-refractivity contribution is 0.470. The second kappa shape index (κ2) is 5.17. The van der Waals surface area contributed by atoms with Crippen molar-refractivity contribution < 1.29 is 4.74 Å². The molecule has 2 N–H and O–H groups in total. The maximum absolute atomic E-state index is 5.88. The van der Waals surface area contributed by atoms with E-state index in [1.807, 2.05) is 31.2 Å². The maximum atomic E-state index is 5.88. The predicted molar refractivity (Wildman–Crippen MR) is 68.4 cm³/mol. The topological polar surface area (TPSA) is 48.1 Å². The van der Waals surface area contributed by atoms with E-state index in [9.17, 15) is 0 Å². The highest BCUT2D eigenvalue weighted by molar-refractivity contribution is 6.30. The summed E-state index contributed by atoms with van der Waals surface area (Å²) in [4.78, 5) is 3.97. The minimum Gasteiger partial charge on any atom is -0.455 e. The molecule has 17 heavy (non-hydrogen) atoms. The van der Waals surface area contributed by atoms with Crippen LogP contribution in [0.4, 0.5) is 0 Å². The van der Waals surface area contributed by atoms with Crippen molar-refractivity contribution in [1.82, 2.24) is 4.98 Å². The van der Waals surface area contributed by atoms with Crippen molar-refractivity contribution in [2.45, 2.75) is 13.0 Å². The Morgan fingerprint density at radius 3 is 2.76 bits per heavy atom. The molecule has 1 unspecified atom stereocenters. The van der Waals surface area contributed by atoms with Crippen LogP contribution in [0.25, 0.3) is 0 Å². The molecule has 1 atom stereocenters. The van der Waals surface area contributed by atoms with E-state index in [0.717, 1.165) is 11.3 Å². The van der Waals surface area contributed by atoms with Gasteiger partial charge in [-0.2, -0.15) is 0 Å². The van der Waals surface area contributed by atoms with Crippen LogP contribution in [-0.2, 0) is 0 Å². The molecule has 0 bridgehead atoms. The van der Waals surface area contributed by atoms with Crippen LogP contribution in [0, 0.1) is 0 Å². The number of hydrogen-bond acceptors (Lipinski definition) is 3. The SMILES string of the molecule is CC(N)c1ccccc1Oc1cncc(Cl)c1. The summed E-state index contributed by atoms with van der Waals surface area (Å²) in [6.45, 7) is 1.92. The van der Waals surface area contributed by atoms with E-state index in [1.165, 1.54) is 0 Å². The van der Waals surface area contributed by atoms with Crippen molar-refractivity contribution in [3.63, 3.8) is 0 Å². The number of ether oxygens (including phenoxy) is 1. The molecule has 0 aliphatic rings. The van der Waals surface area contributed by atoms with Crippen LogP contribution in [0.5, 0.6) is 11.5 Å². The highest BCUT2D eigenvalue weighted by Crippen LogP contribution is 2.28. The maximum Gasteiger partial charge on any atom is 0.147 e. The molecule has 2 aromatic rings. The lowest BCUT2D eigenvalue weighted by Crippen LogP contribution is -2.06. The van der Waals surface area contributed by atoms with Gasteiger partial charge in [-0.15, -0.1) is 0 Å². The minimum absolute atomic E-state index is 0.0849. The molecule has 1 heterocycles. The molecule has 1 aromatic heterocycles. The van der Waals surface area contributed by atoms with Crippen LogP contribution in [0.2, 0.25) is 5.02 Å². The lowest BCUT2D eigenvalue weighted by Gasteiger charge is -2.13. The first kappa shape index (κ1) is 11.9. The first-order valence-corrected chi connectivity index (χ1v) is 5.67. The monoisotopic (exact) mass is 248 g/mol. The highest BCUT2D eigenvalue weighted by atomic mass is 35.5. The second-order valence-electron chi connectivity index (χ2n) is 3.77. The van der Waals surface area contributed by atoms with Crippen LogP contribution in [0.3, 0.4) is 0 Å². The largest absolute Gasteiger partial charge is 0.455 e. The normalized spacial score (nSPS) is 12.2. The predicted octanol–water partition coefficient (Wildman–Crippen LogP) is 3.55. The number of nitrogens with zero attached hydrogens (tertiary/aromatic N) is 1. The lowest BCUT2D eigenvalue weighted by atomic mass is 10.1. The van der Waals surface area contributed by atoms with Gasteiger partial charge in [-0.25, -0.2) is 0 Å². The third kappa shape index (κ3) is 2.96. The smallest absolute Gasteiger partial charge is 0.147 e. The van der Waals surface area contributed by atoms with Crippen LogP contribution in [0.1, 0.15) is 18.5 Å². The van der Waals surface area contributed by atoms with Crippen molar-refractivity contribution in [1.29, 1.82) is 0 Å². The van der Waals surface area contributed by atoms with Gasteiger partial charge in [0.15, 0.2) is 0 Å². The molecule has 2 rings (SSSR count). The first-order valence-electron chi connectivity index (χ1n) is 5.30. The Bertz CT molecular complexity index is 514. The number of benzene rings is 1. The van der Waals surface area contributed by atoms with Gasteiger partial charge >= 0.3 is 0 Å². The summed E-state index contributed by atoms with van der Waals surface area (Å²) in [5.41, 5.74) is 6.83. The molecule has 0 saturated carbocycles. The van der Waals surface area contributed by atoms with E-state index in [2.05, 4.69) is 4.98 Å². The summed E-state index contributed by atoms with van der Waals surface area (Å²) in [5, 5.41) is 0.542. The quantitative estimate of drug-likeness (QED) is 0.904. The molecule has 0 saturated heterocycles. The Balaban J connectivity index is 2.30. The van der Waals surface area contributed by atoms with Crippen LogP contribution >= 0.6 is 11.6 Å². The van der Waals surface area contributed by atoms with Gasteiger partial charge in [0.25, 0.3) is 0 Å². The van der Waals surface area contributed by atoms with Crippen molar-refractivity contribution in [3.05, 3.63) is 53.3 Å². The van der Waals surface area contributed by atoms with E-state index in [4.69, 9.17) is 22.1 Å². The standard InChI is InChI=1S/C13H13ClN2O/c1-9(15)12-4-2-3-5-13(12)17-11-6-10(14)7-16-8-11/h2-9H,15H2,1H3. The molecule has 0 aliphatic carbocycles. The molecule has 0 fully saturated rings. The van der Waals surface area contributed by atoms with Gasteiger partial charge in [0, 0.05) is 23.9 Å². The van der Waals surface area contributed by atoms with Gasteiger partial charge < -0.3 is 10.5 Å². The highest BCUT2D eigenvalue weighted by Gasteiger charge is 2.08. The fourth-order valence-corrected chi connectivity index (χ4v) is 1.69. The number of halogens is 1. The number of aromatic nitrogens is 1. The van der Waals surface area contributed by atoms with Gasteiger partial charge in [-0.05, 0) is 13.0 Å². The van der Waals surface area contributed by atoms with Gasteiger partial charge in [0.05, 0.1) is 11.2 Å². The number of pyridine rings is 1. The Hall–Kier alpha value is -1.58. The Morgan fingerprint density at radius 2 is 2.06 bits per heavy atom. The fourth-order valence-electron chi connectivity index (χ4n) is 1.52. The molecule has 3 nitrogen and oxygen atoms in total. The number of hydrogen-bond donors (Lipinski definition) is 1. The number of rotatable bonds is 3. The third-order valence-corrected chi connectivity index (χ3v) is 2.52. The number of para-hydroxylation sites is 1. The molecular weight excluding hydrogens is 236 g/mol. The molecule has 0 amide bonds. The van der Waals surface area contributed by atoms with Gasteiger partial charge in [0.1, 0.15) is 11.5 Å². The van der Waals surface area contributed by atoms with E-state index in [0.29, 0.717) is 10.8 Å². The van der Waals surface area contributed by atoms with E-state index in [-0.39, 0.29) is 6.04 Å². The molecule has 0 radical (unpaired) electrons. The zero-order valence-corrected chi connectivity index (χ0v) is 10.2. The Labute approximate surface area is 105 Å². The Morgan fingerprint density at radius 1 is 1.29 bits per heavy atom. The van der Waals surface area contributed by atoms with Crippen molar-refractivity contribution in [2.24, 2.45) is 5.73 Å². The summed E-state index contributed by atoms with van der Waals surface area (Å²) >= 11 is 5.85. The third-order valence-electron chi connectivity index (χ3n) is 2.32. The van der Waals surface area contributed by atoms with Crippen LogP contribution < -0.4 is 10.5 Å². The molecule has 0 spiro atoms. The zero-order chi connectivity index (χ0) is 12.3. The summed E-state index contributed by atoms with van der Waals surface area (Å²) < 4.78 is 5.72. The molecule has 0 aliphatic heterocycles. The van der Waals surface area contributed by atoms with Crippen molar-refractivity contribution >= 4 is 11.6 Å². The van der Waals surface area contributed by atoms with Gasteiger partial charge in [-0.3, -0.25) is 4.98 Å². The first-order chi connectivity index (χ1) is 8.16. The van der Waals surface area contributed by atoms with Crippen molar-refractivity contribution in [3.8, 4) is 11.5 Å². The van der Waals surface area contributed by atoms with Crippen LogP contribution in [0.15, 0.2) is 42.7 Å². The van der Waals surface area contributed by atoms with Gasteiger partial charge in [-0.1, -0.05) is 29.8 Å². The summed E-state index contributed by atoms with van der Waals surface area (Å²) in [6, 6.07) is 9.28. The summed E-state index contributed by atoms with van der Waals surface area (Å²) in [5.74, 6) is 1.33.